The average Bonchev–Trinajstić information content (AvgIpc) is 2.34. The van der Waals surface area contributed by atoms with Crippen LogP contribution in [0.5, 0.6) is 0 Å². The van der Waals surface area contributed by atoms with Gasteiger partial charge in [-0.05, 0) is 25.0 Å². The van der Waals surface area contributed by atoms with E-state index in [1.165, 1.54) is 12.1 Å². The molecule has 20 heavy (non-hydrogen) atoms. The molecule has 108 valence electrons. The minimum atomic E-state index is -3.71. The third-order valence-corrected chi connectivity index (χ3v) is 5.21. The standard InChI is InChI=1S/C12H11Cl2NO4S/c13-8-4-5-9(11(14)10(8)12(16)17)20(18,19)7-3-1-2-6-15/h4-5H,1-3,7H2,(H,16,17). The van der Waals surface area contributed by atoms with Gasteiger partial charge in [0.2, 0.25) is 0 Å². The Bertz CT molecular complexity index is 665. The normalized spacial score (nSPS) is 11.1. The minimum absolute atomic E-state index is 0.120. The molecule has 0 aromatic heterocycles. The first-order valence-corrected chi connectivity index (χ1v) is 8.03. The fraction of sp³-hybridized carbons (Fsp3) is 0.333. The molecule has 1 N–H and O–H groups in total. The van der Waals surface area contributed by atoms with Crippen LogP contribution in [-0.4, -0.2) is 25.2 Å². The lowest BCUT2D eigenvalue weighted by Gasteiger charge is -2.09. The number of aromatic carboxylic acids is 1. The van der Waals surface area contributed by atoms with Gasteiger partial charge in [-0.25, -0.2) is 13.2 Å². The van der Waals surface area contributed by atoms with Gasteiger partial charge in [-0.3, -0.25) is 0 Å². The second-order valence-corrected chi connectivity index (χ2v) is 6.84. The maximum absolute atomic E-state index is 12.1. The maximum atomic E-state index is 12.1. The van der Waals surface area contributed by atoms with Crippen molar-refractivity contribution in [1.82, 2.24) is 0 Å². The molecule has 0 aliphatic heterocycles. The van der Waals surface area contributed by atoms with Crippen molar-refractivity contribution >= 4 is 39.0 Å². The summed E-state index contributed by atoms with van der Waals surface area (Å²) in [6.07, 6.45) is 1.02. The van der Waals surface area contributed by atoms with Gasteiger partial charge in [0.05, 0.1) is 32.3 Å². The Kier molecular flexibility index (Phi) is 5.81. The highest BCUT2D eigenvalue weighted by molar-refractivity contribution is 7.91. The molecule has 1 rings (SSSR count). The SMILES string of the molecule is N#CCCCCS(=O)(=O)c1ccc(Cl)c(C(=O)O)c1Cl. The summed E-state index contributed by atoms with van der Waals surface area (Å²) in [7, 11) is -3.71. The van der Waals surface area contributed by atoms with Crippen LogP contribution in [0, 0.1) is 11.3 Å². The number of nitrogens with zero attached hydrogens (tertiary/aromatic N) is 1. The molecule has 8 heteroatoms. The van der Waals surface area contributed by atoms with Gasteiger partial charge in [0, 0.05) is 6.42 Å². The summed E-state index contributed by atoms with van der Waals surface area (Å²) in [6.45, 7) is 0. The third-order valence-electron chi connectivity index (χ3n) is 2.56. The van der Waals surface area contributed by atoms with Gasteiger partial charge in [-0.1, -0.05) is 23.2 Å². The van der Waals surface area contributed by atoms with Crippen LogP contribution in [0.4, 0.5) is 0 Å². The predicted molar refractivity (Wildman–Crippen MR) is 74.9 cm³/mol. The van der Waals surface area contributed by atoms with E-state index in [-0.39, 0.29) is 27.1 Å². The molecule has 0 radical (unpaired) electrons. The number of hydrogen-bond donors (Lipinski definition) is 1. The van der Waals surface area contributed by atoms with Gasteiger partial charge < -0.3 is 5.11 Å². The van der Waals surface area contributed by atoms with E-state index in [4.69, 9.17) is 33.6 Å². The Hall–Kier alpha value is -1.29. The first kappa shape index (κ1) is 16.8. The number of nitriles is 1. The zero-order chi connectivity index (χ0) is 15.3. The number of halogens is 2. The van der Waals surface area contributed by atoms with E-state index >= 15 is 0 Å². The van der Waals surface area contributed by atoms with Crippen molar-refractivity contribution in [1.29, 1.82) is 5.26 Å². The van der Waals surface area contributed by atoms with Gasteiger partial charge in [0.1, 0.15) is 0 Å². The summed E-state index contributed by atoms with van der Waals surface area (Å²) >= 11 is 11.5. The fourth-order valence-corrected chi connectivity index (χ4v) is 3.92. The molecule has 0 spiro atoms. The summed E-state index contributed by atoms with van der Waals surface area (Å²) < 4.78 is 24.2. The van der Waals surface area contributed by atoms with Gasteiger partial charge in [-0.15, -0.1) is 0 Å². The maximum Gasteiger partial charge on any atom is 0.338 e. The van der Waals surface area contributed by atoms with E-state index in [9.17, 15) is 13.2 Å². The van der Waals surface area contributed by atoms with E-state index in [0.717, 1.165) is 0 Å². The molecule has 0 bridgehead atoms. The summed E-state index contributed by atoms with van der Waals surface area (Å²) in [5.74, 6) is -1.59. The summed E-state index contributed by atoms with van der Waals surface area (Å²) in [4.78, 5) is 10.8. The number of carboxylic acids is 1. The van der Waals surface area contributed by atoms with Crippen LogP contribution >= 0.6 is 23.2 Å². The van der Waals surface area contributed by atoms with Crippen molar-refractivity contribution in [3.05, 3.63) is 27.7 Å². The van der Waals surface area contributed by atoms with Crippen molar-refractivity contribution in [2.45, 2.75) is 24.2 Å². The van der Waals surface area contributed by atoms with Crippen molar-refractivity contribution in [2.75, 3.05) is 5.75 Å². The second kappa shape index (κ2) is 6.93. The highest BCUT2D eigenvalue weighted by Gasteiger charge is 2.24. The third kappa shape index (κ3) is 3.85. The molecule has 0 aliphatic rings. The second-order valence-electron chi connectivity index (χ2n) is 3.97. The minimum Gasteiger partial charge on any atom is -0.478 e. The molecule has 0 saturated carbocycles. The van der Waals surface area contributed by atoms with Gasteiger partial charge >= 0.3 is 5.97 Å². The number of carbonyl (C=O) groups is 1. The molecule has 0 heterocycles. The van der Waals surface area contributed by atoms with E-state index in [1.807, 2.05) is 6.07 Å². The number of sulfone groups is 1. The monoisotopic (exact) mass is 335 g/mol. The Morgan fingerprint density at radius 3 is 2.50 bits per heavy atom. The number of hydrogen-bond acceptors (Lipinski definition) is 4. The molecule has 0 fully saturated rings. The van der Waals surface area contributed by atoms with Crippen LogP contribution in [0.1, 0.15) is 29.6 Å². The van der Waals surface area contributed by atoms with E-state index in [2.05, 4.69) is 0 Å². The highest BCUT2D eigenvalue weighted by atomic mass is 35.5. The van der Waals surface area contributed by atoms with Gasteiger partial charge in [0.15, 0.2) is 9.84 Å². The van der Waals surface area contributed by atoms with Crippen molar-refractivity contribution in [3.8, 4) is 6.07 Å². The predicted octanol–water partition coefficient (Wildman–Crippen LogP) is 3.16. The van der Waals surface area contributed by atoms with E-state index in [0.29, 0.717) is 12.8 Å². The summed E-state index contributed by atoms with van der Waals surface area (Å²) in [6, 6.07) is 4.31. The lowest BCUT2D eigenvalue weighted by molar-refractivity contribution is 0.0697. The lowest BCUT2D eigenvalue weighted by Crippen LogP contribution is -2.10. The topological polar surface area (TPSA) is 95.2 Å². The average molecular weight is 336 g/mol. The number of carboxylic acid groups (broad SMARTS) is 1. The number of rotatable bonds is 6. The smallest absolute Gasteiger partial charge is 0.338 e. The highest BCUT2D eigenvalue weighted by Crippen LogP contribution is 2.32. The Labute approximate surface area is 126 Å². The Morgan fingerprint density at radius 2 is 1.95 bits per heavy atom. The van der Waals surface area contributed by atoms with E-state index < -0.39 is 21.4 Å². The Balaban J connectivity index is 3.11. The van der Waals surface area contributed by atoms with E-state index in [1.54, 1.807) is 0 Å². The first-order chi connectivity index (χ1) is 9.31. The van der Waals surface area contributed by atoms with Crippen LogP contribution in [0.25, 0.3) is 0 Å². The number of unbranched alkanes of at least 4 members (excludes halogenated alkanes) is 2. The first-order valence-electron chi connectivity index (χ1n) is 5.62. The molecule has 1 aromatic rings. The Morgan fingerprint density at radius 1 is 1.30 bits per heavy atom. The van der Waals surface area contributed by atoms with Crippen molar-refractivity contribution in [3.63, 3.8) is 0 Å². The zero-order valence-electron chi connectivity index (χ0n) is 10.3. The lowest BCUT2D eigenvalue weighted by atomic mass is 10.2. The largest absolute Gasteiger partial charge is 0.478 e. The summed E-state index contributed by atoms with van der Waals surface area (Å²) in [5.41, 5.74) is -0.425. The zero-order valence-corrected chi connectivity index (χ0v) is 12.6. The molecule has 0 atom stereocenters. The van der Waals surface area contributed by atoms with Crippen LogP contribution in [-0.2, 0) is 9.84 Å². The van der Waals surface area contributed by atoms with Crippen LogP contribution in [0.2, 0.25) is 10.0 Å². The van der Waals surface area contributed by atoms with Gasteiger partial charge in [-0.2, -0.15) is 5.26 Å². The number of benzene rings is 1. The quantitative estimate of drug-likeness (QED) is 0.805. The molecule has 1 aromatic carbocycles. The summed E-state index contributed by atoms with van der Waals surface area (Å²) in [5, 5.41) is 16.9. The molecule has 0 aliphatic carbocycles. The molecule has 0 saturated heterocycles. The van der Waals surface area contributed by atoms with Crippen molar-refractivity contribution < 1.29 is 18.3 Å². The van der Waals surface area contributed by atoms with Crippen LogP contribution in [0.3, 0.4) is 0 Å². The molecule has 0 amide bonds. The fourth-order valence-electron chi connectivity index (χ4n) is 1.58. The van der Waals surface area contributed by atoms with Crippen molar-refractivity contribution in [2.24, 2.45) is 0 Å². The molecule has 0 unspecified atom stereocenters. The van der Waals surface area contributed by atoms with Crippen LogP contribution < -0.4 is 0 Å². The van der Waals surface area contributed by atoms with Crippen LogP contribution in [0.15, 0.2) is 17.0 Å². The molecule has 5 nitrogen and oxygen atoms in total. The molecular formula is C12H11Cl2NO4S. The van der Waals surface area contributed by atoms with Gasteiger partial charge in [0.25, 0.3) is 0 Å². The molecular weight excluding hydrogens is 325 g/mol.